The van der Waals surface area contributed by atoms with Crippen LogP contribution in [0.4, 0.5) is 0 Å². The molecule has 286 valence electrons. The lowest BCUT2D eigenvalue weighted by Gasteiger charge is -2.17. The second kappa shape index (κ2) is 40.4. The van der Waals surface area contributed by atoms with Crippen LogP contribution in [-0.4, -0.2) is 23.1 Å². The zero-order chi connectivity index (χ0) is 35.0. The van der Waals surface area contributed by atoms with Gasteiger partial charge in [0.1, 0.15) is 6.10 Å². The first-order valence-electron chi connectivity index (χ1n) is 22.0. The molecule has 0 aliphatic carbocycles. The molecule has 4 nitrogen and oxygen atoms in total. The quantitative estimate of drug-likeness (QED) is 0.0516. The van der Waals surface area contributed by atoms with Gasteiger partial charge in [-0.25, -0.2) is 0 Å². The molecule has 0 radical (unpaired) electrons. The van der Waals surface area contributed by atoms with Crippen LogP contribution in [0.3, 0.4) is 0 Å². The van der Waals surface area contributed by atoms with Gasteiger partial charge in [0.2, 0.25) is 0 Å². The lowest BCUT2D eigenvalue weighted by molar-refractivity contribution is -0.151. The maximum Gasteiger partial charge on any atom is 0.306 e. The van der Waals surface area contributed by atoms with Crippen molar-refractivity contribution < 1.29 is 19.4 Å². The van der Waals surface area contributed by atoms with Crippen LogP contribution in [0.1, 0.15) is 264 Å². The van der Waals surface area contributed by atoms with E-state index in [1.54, 1.807) is 0 Å². The number of hydrogen-bond donors (Lipinski definition) is 1. The molecule has 0 aromatic rings. The van der Waals surface area contributed by atoms with Gasteiger partial charge in [0.15, 0.2) is 0 Å². The minimum atomic E-state index is -0.804. The fraction of sp³-hybridized carbons (Fsp3) is 0.955. The molecule has 0 saturated heterocycles. The summed E-state index contributed by atoms with van der Waals surface area (Å²) in [6.07, 6.45) is 48.5. The average molecular weight is 679 g/mol. The smallest absolute Gasteiger partial charge is 0.306 e. The van der Waals surface area contributed by atoms with E-state index in [-0.39, 0.29) is 18.5 Å². The molecule has 48 heavy (non-hydrogen) atoms. The summed E-state index contributed by atoms with van der Waals surface area (Å²) in [5.41, 5.74) is 0. The molecule has 0 rings (SSSR count). The normalized spacial score (nSPS) is 12.0. The number of carboxylic acids is 1. The molecular formula is C44H86O4. The molecule has 0 aliphatic heterocycles. The van der Waals surface area contributed by atoms with Gasteiger partial charge in [0.25, 0.3) is 0 Å². The molecule has 0 saturated carbocycles. The second-order valence-electron chi connectivity index (χ2n) is 15.3. The summed E-state index contributed by atoms with van der Waals surface area (Å²) in [6, 6.07) is 0. The Morgan fingerprint density at radius 2 is 0.646 bits per heavy atom. The Balaban J connectivity index is 3.64. The Morgan fingerprint density at radius 3 is 0.938 bits per heavy atom. The van der Waals surface area contributed by atoms with Gasteiger partial charge in [0.05, 0.1) is 0 Å². The summed E-state index contributed by atoms with van der Waals surface area (Å²) in [5, 5.41) is 9.15. The molecule has 0 heterocycles. The van der Waals surface area contributed by atoms with E-state index in [4.69, 9.17) is 9.84 Å². The average Bonchev–Trinajstić information content (AvgIpc) is 3.07. The van der Waals surface area contributed by atoms with Gasteiger partial charge in [-0.1, -0.05) is 226 Å². The minimum absolute atomic E-state index is 0.0795. The number of aliphatic carboxylic acids is 1. The third-order valence-corrected chi connectivity index (χ3v) is 10.3. The van der Waals surface area contributed by atoms with Crippen molar-refractivity contribution in [3.05, 3.63) is 0 Å². The molecule has 4 heteroatoms. The summed E-state index contributed by atoms with van der Waals surface area (Å²) in [4.78, 5) is 23.6. The second-order valence-corrected chi connectivity index (χ2v) is 15.3. The number of esters is 1. The Bertz CT molecular complexity index is 648. The molecule has 0 bridgehead atoms. The fourth-order valence-electron chi connectivity index (χ4n) is 7.06. The largest absolute Gasteiger partial charge is 0.481 e. The lowest BCUT2D eigenvalue weighted by atomic mass is 10.0. The highest BCUT2D eigenvalue weighted by Gasteiger charge is 2.16. The molecule has 0 aliphatic rings. The van der Waals surface area contributed by atoms with E-state index in [1.807, 2.05) is 0 Å². The number of hydrogen-bond acceptors (Lipinski definition) is 3. The number of unbranched alkanes of at least 4 members (excludes halogenated alkanes) is 33. The summed E-state index contributed by atoms with van der Waals surface area (Å²) in [5.74, 6) is -0.934. The van der Waals surface area contributed by atoms with Crippen LogP contribution in [0.2, 0.25) is 0 Å². The van der Waals surface area contributed by atoms with Crippen LogP contribution >= 0.6 is 0 Å². The van der Waals surface area contributed by atoms with E-state index in [2.05, 4.69) is 13.8 Å². The first-order valence-corrected chi connectivity index (χ1v) is 22.0. The Kier molecular flexibility index (Phi) is 39.5. The Labute approximate surface area is 301 Å². The fourth-order valence-corrected chi connectivity index (χ4v) is 7.06. The maximum atomic E-state index is 12.5. The number of carbonyl (C=O) groups excluding carboxylic acids is 1. The molecule has 1 N–H and O–H groups in total. The first-order chi connectivity index (χ1) is 23.6. The van der Waals surface area contributed by atoms with Crippen LogP contribution in [0.15, 0.2) is 0 Å². The van der Waals surface area contributed by atoms with E-state index >= 15 is 0 Å². The summed E-state index contributed by atoms with van der Waals surface area (Å²) < 4.78 is 5.76. The van der Waals surface area contributed by atoms with Crippen LogP contribution < -0.4 is 0 Å². The summed E-state index contributed by atoms with van der Waals surface area (Å²) in [6.45, 7) is 4.57. The van der Waals surface area contributed by atoms with Crippen LogP contribution in [-0.2, 0) is 14.3 Å². The third-order valence-electron chi connectivity index (χ3n) is 10.3. The van der Waals surface area contributed by atoms with Crippen molar-refractivity contribution in [1.82, 2.24) is 0 Å². The van der Waals surface area contributed by atoms with Crippen molar-refractivity contribution in [1.29, 1.82) is 0 Å². The third kappa shape index (κ3) is 39.4. The van der Waals surface area contributed by atoms with E-state index in [0.29, 0.717) is 12.8 Å². The molecule has 0 spiro atoms. The predicted octanol–water partition coefficient (Wildman–Crippen LogP) is 15.2. The van der Waals surface area contributed by atoms with Crippen molar-refractivity contribution in [2.75, 3.05) is 0 Å². The maximum absolute atomic E-state index is 12.5. The van der Waals surface area contributed by atoms with Crippen molar-refractivity contribution in [3.8, 4) is 0 Å². The SMILES string of the molecule is CCCCCCCCCCCCCCCCCCCCC(CCC(=O)O)OC(=O)CCCCCCCCCCCCCCCCCCC. The van der Waals surface area contributed by atoms with E-state index in [0.717, 1.165) is 32.1 Å². The highest BCUT2D eigenvalue weighted by atomic mass is 16.5. The molecule has 0 aromatic heterocycles. The van der Waals surface area contributed by atoms with E-state index in [1.165, 1.54) is 199 Å². The van der Waals surface area contributed by atoms with E-state index < -0.39 is 5.97 Å². The van der Waals surface area contributed by atoms with Gasteiger partial charge in [-0.05, 0) is 25.7 Å². The number of rotatable bonds is 41. The van der Waals surface area contributed by atoms with Crippen molar-refractivity contribution >= 4 is 11.9 Å². The molecular weight excluding hydrogens is 592 g/mol. The summed E-state index contributed by atoms with van der Waals surface area (Å²) >= 11 is 0. The van der Waals surface area contributed by atoms with Crippen LogP contribution in [0.25, 0.3) is 0 Å². The van der Waals surface area contributed by atoms with Crippen molar-refractivity contribution in [2.45, 2.75) is 270 Å². The Morgan fingerprint density at radius 1 is 0.375 bits per heavy atom. The van der Waals surface area contributed by atoms with Crippen LogP contribution in [0.5, 0.6) is 0 Å². The molecule has 0 amide bonds. The van der Waals surface area contributed by atoms with Gasteiger partial charge >= 0.3 is 11.9 Å². The van der Waals surface area contributed by atoms with Crippen molar-refractivity contribution in [2.24, 2.45) is 0 Å². The lowest BCUT2D eigenvalue weighted by Crippen LogP contribution is -2.19. The Hall–Kier alpha value is -1.06. The van der Waals surface area contributed by atoms with Gasteiger partial charge in [0, 0.05) is 12.8 Å². The van der Waals surface area contributed by atoms with Gasteiger partial charge in [-0.15, -0.1) is 0 Å². The minimum Gasteiger partial charge on any atom is -0.481 e. The summed E-state index contributed by atoms with van der Waals surface area (Å²) in [7, 11) is 0. The standard InChI is InChI=1S/C44H86O4/c1-3-5-7-9-11-13-15-17-19-21-23-24-26-28-30-32-34-36-38-42(40-41-43(45)46)48-44(47)39-37-35-33-31-29-27-25-22-20-18-16-14-12-10-8-6-4-2/h42H,3-41H2,1-2H3,(H,45,46). The zero-order valence-corrected chi connectivity index (χ0v) is 32.8. The van der Waals surface area contributed by atoms with Gasteiger partial charge in [-0.3, -0.25) is 9.59 Å². The van der Waals surface area contributed by atoms with E-state index in [9.17, 15) is 9.59 Å². The zero-order valence-electron chi connectivity index (χ0n) is 32.8. The number of carboxylic acid groups (broad SMARTS) is 1. The molecule has 0 aromatic carbocycles. The highest BCUT2D eigenvalue weighted by Crippen LogP contribution is 2.19. The molecule has 1 unspecified atom stereocenters. The molecule has 0 fully saturated rings. The molecule has 1 atom stereocenters. The topological polar surface area (TPSA) is 63.6 Å². The number of ether oxygens (including phenoxy) is 1. The van der Waals surface area contributed by atoms with Gasteiger partial charge in [-0.2, -0.15) is 0 Å². The van der Waals surface area contributed by atoms with Crippen LogP contribution in [0, 0.1) is 0 Å². The van der Waals surface area contributed by atoms with Crippen molar-refractivity contribution in [3.63, 3.8) is 0 Å². The number of carbonyl (C=O) groups is 2. The monoisotopic (exact) mass is 679 g/mol. The van der Waals surface area contributed by atoms with Gasteiger partial charge < -0.3 is 9.84 Å². The predicted molar refractivity (Wildman–Crippen MR) is 209 cm³/mol. The highest BCUT2D eigenvalue weighted by molar-refractivity contribution is 5.69. The first kappa shape index (κ1) is 46.9.